The highest BCUT2D eigenvalue weighted by atomic mass is 79.9. The minimum Gasteiger partial charge on any atom is -0.337 e. The summed E-state index contributed by atoms with van der Waals surface area (Å²) in [6, 6.07) is 0. The number of nitrogens with zero attached hydrogens (tertiary/aromatic N) is 2. The van der Waals surface area contributed by atoms with Gasteiger partial charge in [0.2, 0.25) is 0 Å². The molecule has 1 aliphatic heterocycles. The molecule has 2 heterocycles. The zero-order valence-electron chi connectivity index (χ0n) is 8.15. The summed E-state index contributed by atoms with van der Waals surface area (Å²) in [6.07, 6.45) is 2.50. The number of thiazole rings is 1. The number of hydrogen-bond acceptors (Lipinski definition) is 3. The van der Waals surface area contributed by atoms with E-state index in [4.69, 9.17) is 0 Å². The van der Waals surface area contributed by atoms with E-state index in [1.165, 1.54) is 24.2 Å². The van der Waals surface area contributed by atoms with E-state index in [9.17, 15) is 4.79 Å². The average Bonchev–Trinajstić information content (AvgIpc) is 2.90. The highest BCUT2D eigenvalue weighted by molar-refractivity contribution is 9.11. The molecule has 2 atom stereocenters. The van der Waals surface area contributed by atoms with E-state index >= 15 is 0 Å². The van der Waals surface area contributed by atoms with Gasteiger partial charge in [-0.25, -0.2) is 4.98 Å². The van der Waals surface area contributed by atoms with E-state index in [1.807, 2.05) is 4.90 Å². The fourth-order valence-electron chi connectivity index (χ4n) is 2.29. The van der Waals surface area contributed by atoms with Gasteiger partial charge in [0.1, 0.15) is 3.79 Å². The standard InChI is InChI=1S/C10H11BrN2OS/c11-9-8(12-5-15-9)10(14)13-2-1-6-3-7(6)4-13/h5-7H,1-4H2. The summed E-state index contributed by atoms with van der Waals surface area (Å²) < 4.78 is 0.852. The van der Waals surface area contributed by atoms with Gasteiger partial charge in [0.25, 0.3) is 5.91 Å². The van der Waals surface area contributed by atoms with Crippen molar-refractivity contribution in [1.82, 2.24) is 9.88 Å². The number of carbonyl (C=O) groups excluding carboxylic acids is 1. The first-order valence-corrected chi connectivity index (χ1v) is 6.81. The molecule has 1 aromatic heterocycles. The first-order valence-electron chi connectivity index (χ1n) is 5.14. The van der Waals surface area contributed by atoms with Crippen LogP contribution in [0.15, 0.2) is 9.30 Å². The number of fused-ring (bicyclic) bond motifs is 1. The zero-order valence-corrected chi connectivity index (χ0v) is 10.6. The summed E-state index contributed by atoms with van der Waals surface area (Å²) in [6.45, 7) is 1.84. The summed E-state index contributed by atoms with van der Waals surface area (Å²) in [5, 5.41) is 0. The Labute approximate surface area is 101 Å². The van der Waals surface area contributed by atoms with Crippen molar-refractivity contribution >= 4 is 33.2 Å². The van der Waals surface area contributed by atoms with Crippen LogP contribution in [0.3, 0.4) is 0 Å². The number of likely N-dealkylation sites (tertiary alicyclic amines) is 1. The molecule has 5 heteroatoms. The van der Waals surface area contributed by atoms with Crippen molar-refractivity contribution in [2.75, 3.05) is 13.1 Å². The highest BCUT2D eigenvalue weighted by Crippen LogP contribution is 2.45. The van der Waals surface area contributed by atoms with Crippen molar-refractivity contribution in [2.24, 2.45) is 11.8 Å². The SMILES string of the molecule is O=C(c1ncsc1Br)N1CCC2CC2C1. The van der Waals surface area contributed by atoms with Crippen LogP contribution in [-0.4, -0.2) is 28.9 Å². The van der Waals surface area contributed by atoms with Gasteiger partial charge in [-0.15, -0.1) is 11.3 Å². The van der Waals surface area contributed by atoms with Gasteiger partial charge >= 0.3 is 0 Å². The predicted molar refractivity (Wildman–Crippen MR) is 61.9 cm³/mol. The first-order chi connectivity index (χ1) is 7.25. The molecule has 0 radical (unpaired) electrons. The van der Waals surface area contributed by atoms with E-state index in [-0.39, 0.29) is 5.91 Å². The first kappa shape index (κ1) is 9.78. The number of halogens is 1. The van der Waals surface area contributed by atoms with Gasteiger partial charge in [-0.3, -0.25) is 4.79 Å². The highest BCUT2D eigenvalue weighted by Gasteiger charge is 2.43. The summed E-state index contributed by atoms with van der Waals surface area (Å²) in [5.41, 5.74) is 2.29. The number of amides is 1. The Bertz CT molecular complexity index is 406. The monoisotopic (exact) mass is 286 g/mol. The second-order valence-electron chi connectivity index (χ2n) is 4.27. The summed E-state index contributed by atoms with van der Waals surface area (Å²) in [5.74, 6) is 1.78. The third kappa shape index (κ3) is 1.72. The lowest BCUT2D eigenvalue weighted by atomic mass is 10.1. The fraction of sp³-hybridized carbons (Fsp3) is 0.600. The minimum absolute atomic E-state index is 0.0912. The Kier molecular flexibility index (Phi) is 2.32. The van der Waals surface area contributed by atoms with Crippen LogP contribution in [0.2, 0.25) is 0 Å². The summed E-state index contributed by atoms with van der Waals surface area (Å²) >= 11 is 4.83. The molecular weight excluding hydrogens is 276 g/mol. The van der Waals surface area contributed by atoms with Crippen LogP contribution >= 0.6 is 27.3 Å². The van der Waals surface area contributed by atoms with E-state index in [0.717, 1.165) is 28.7 Å². The van der Waals surface area contributed by atoms with Crippen molar-refractivity contribution in [3.05, 3.63) is 15.0 Å². The van der Waals surface area contributed by atoms with Gasteiger partial charge < -0.3 is 4.90 Å². The molecule has 15 heavy (non-hydrogen) atoms. The number of aromatic nitrogens is 1. The molecule has 1 amide bonds. The largest absolute Gasteiger partial charge is 0.337 e. The number of rotatable bonds is 1. The normalized spacial score (nSPS) is 28.7. The second-order valence-corrected chi connectivity index (χ2v) is 6.44. The third-order valence-corrected chi connectivity index (χ3v) is 4.86. The lowest BCUT2D eigenvalue weighted by Gasteiger charge is -2.25. The molecule has 2 fully saturated rings. The molecule has 1 saturated heterocycles. The predicted octanol–water partition coefficient (Wildman–Crippen LogP) is 2.39. The van der Waals surface area contributed by atoms with Crippen molar-refractivity contribution in [2.45, 2.75) is 12.8 Å². The molecule has 1 saturated carbocycles. The van der Waals surface area contributed by atoms with E-state index < -0.39 is 0 Å². The van der Waals surface area contributed by atoms with Crippen LogP contribution in [0.25, 0.3) is 0 Å². The minimum atomic E-state index is 0.0912. The Hall–Kier alpha value is -0.420. The Morgan fingerprint density at radius 1 is 1.60 bits per heavy atom. The summed E-state index contributed by atoms with van der Waals surface area (Å²) in [7, 11) is 0. The van der Waals surface area contributed by atoms with Crippen LogP contribution in [0.1, 0.15) is 23.3 Å². The maximum Gasteiger partial charge on any atom is 0.274 e. The number of carbonyl (C=O) groups is 1. The molecule has 1 aliphatic carbocycles. The summed E-state index contributed by atoms with van der Waals surface area (Å²) in [4.78, 5) is 18.1. The maximum absolute atomic E-state index is 12.1. The van der Waals surface area contributed by atoms with Gasteiger partial charge in [-0.05, 0) is 40.6 Å². The van der Waals surface area contributed by atoms with E-state index in [1.54, 1.807) is 5.51 Å². The average molecular weight is 287 g/mol. The van der Waals surface area contributed by atoms with Gasteiger partial charge in [-0.2, -0.15) is 0 Å². The van der Waals surface area contributed by atoms with Crippen molar-refractivity contribution in [1.29, 1.82) is 0 Å². The molecule has 3 nitrogen and oxygen atoms in total. The molecule has 2 aliphatic rings. The van der Waals surface area contributed by atoms with Crippen LogP contribution in [-0.2, 0) is 0 Å². The van der Waals surface area contributed by atoms with Gasteiger partial charge in [0, 0.05) is 13.1 Å². The van der Waals surface area contributed by atoms with Gasteiger partial charge in [0.15, 0.2) is 5.69 Å². The molecular formula is C10H11BrN2OS. The molecule has 2 unspecified atom stereocenters. The van der Waals surface area contributed by atoms with Gasteiger partial charge in [-0.1, -0.05) is 0 Å². The van der Waals surface area contributed by atoms with Crippen LogP contribution in [0.5, 0.6) is 0 Å². The maximum atomic E-state index is 12.1. The van der Waals surface area contributed by atoms with Crippen molar-refractivity contribution < 1.29 is 4.79 Å². The topological polar surface area (TPSA) is 33.2 Å². The molecule has 0 N–H and O–H groups in total. The van der Waals surface area contributed by atoms with Crippen molar-refractivity contribution in [3.63, 3.8) is 0 Å². The molecule has 0 bridgehead atoms. The molecule has 3 rings (SSSR count). The Balaban J connectivity index is 1.76. The molecule has 0 aromatic carbocycles. The van der Waals surface area contributed by atoms with Crippen LogP contribution in [0.4, 0.5) is 0 Å². The Morgan fingerprint density at radius 2 is 2.47 bits per heavy atom. The lowest BCUT2D eigenvalue weighted by molar-refractivity contribution is 0.0710. The molecule has 1 aromatic rings. The van der Waals surface area contributed by atoms with Crippen molar-refractivity contribution in [3.8, 4) is 0 Å². The molecule has 0 spiro atoms. The lowest BCUT2D eigenvalue weighted by Crippen LogP contribution is -2.37. The van der Waals surface area contributed by atoms with Crippen LogP contribution < -0.4 is 0 Å². The van der Waals surface area contributed by atoms with E-state index in [0.29, 0.717) is 5.69 Å². The quantitative estimate of drug-likeness (QED) is 0.794. The number of hydrogen-bond donors (Lipinski definition) is 0. The smallest absolute Gasteiger partial charge is 0.274 e. The zero-order chi connectivity index (χ0) is 10.4. The van der Waals surface area contributed by atoms with Gasteiger partial charge in [0.05, 0.1) is 5.51 Å². The fourth-order valence-corrected chi connectivity index (χ4v) is 3.31. The second kappa shape index (κ2) is 3.56. The molecule has 80 valence electrons. The van der Waals surface area contributed by atoms with E-state index in [2.05, 4.69) is 20.9 Å². The number of piperidine rings is 1. The van der Waals surface area contributed by atoms with Crippen LogP contribution in [0, 0.1) is 11.8 Å². The Morgan fingerprint density at radius 3 is 3.13 bits per heavy atom. The third-order valence-electron chi connectivity index (χ3n) is 3.31.